The van der Waals surface area contributed by atoms with Gasteiger partial charge in [-0.3, -0.25) is 0 Å². The topological polar surface area (TPSA) is 80.7 Å². The van der Waals surface area contributed by atoms with E-state index in [1.165, 1.54) is 12.1 Å². The summed E-state index contributed by atoms with van der Waals surface area (Å²) in [6.07, 6.45) is 7.57. The number of hydrogen-bond acceptors (Lipinski definition) is 4. The maximum Gasteiger partial charge on any atom is 0.260 e. The van der Waals surface area contributed by atoms with Gasteiger partial charge in [0.1, 0.15) is 5.82 Å². The van der Waals surface area contributed by atoms with Crippen LogP contribution in [-0.4, -0.2) is 15.1 Å². The Kier molecular flexibility index (Phi) is 4.43. The van der Waals surface area contributed by atoms with Crippen LogP contribution < -0.4 is 5.73 Å². The normalized spacial score (nSPS) is 16.1. The van der Waals surface area contributed by atoms with Crippen molar-refractivity contribution in [2.75, 3.05) is 0 Å². The molecular formula is C17H18ClFN4O. The molecular weight excluding hydrogens is 331 g/mol. The molecule has 3 N–H and O–H groups in total. The van der Waals surface area contributed by atoms with E-state index in [0.29, 0.717) is 11.7 Å². The molecule has 2 aromatic heterocycles. The van der Waals surface area contributed by atoms with Gasteiger partial charge in [-0.2, -0.15) is 4.98 Å². The van der Waals surface area contributed by atoms with Crippen molar-refractivity contribution in [2.45, 2.75) is 31.2 Å². The average Bonchev–Trinajstić information content (AvgIpc) is 3.27. The molecule has 24 heavy (non-hydrogen) atoms. The smallest absolute Gasteiger partial charge is 0.260 e. The second kappa shape index (κ2) is 6.37. The fraction of sp³-hybridized carbons (Fsp3) is 0.294. The first-order valence-corrected chi connectivity index (χ1v) is 7.72. The number of nitrogens with two attached hydrogens (primary N) is 1. The number of nitrogens with zero attached hydrogens (tertiary/aromatic N) is 2. The van der Waals surface area contributed by atoms with E-state index in [1.807, 2.05) is 6.20 Å². The van der Waals surface area contributed by atoms with Crippen molar-refractivity contribution in [2.24, 2.45) is 5.73 Å². The van der Waals surface area contributed by atoms with E-state index < -0.39 is 5.54 Å². The number of H-pyrrole nitrogens is 1. The molecule has 3 aromatic rings. The molecule has 0 saturated heterocycles. The highest BCUT2D eigenvalue weighted by Gasteiger charge is 2.36. The first kappa shape index (κ1) is 16.7. The van der Waals surface area contributed by atoms with Gasteiger partial charge in [-0.15, -0.1) is 12.4 Å². The maximum absolute atomic E-state index is 13.1. The predicted octanol–water partition coefficient (Wildman–Crippen LogP) is 4.02. The van der Waals surface area contributed by atoms with Crippen LogP contribution in [0, 0.1) is 5.82 Å². The first-order chi connectivity index (χ1) is 11.2. The van der Waals surface area contributed by atoms with Crippen LogP contribution in [0.3, 0.4) is 0 Å². The molecule has 5 nitrogen and oxygen atoms in total. The van der Waals surface area contributed by atoms with Gasteiger partial charge in [0.25, 0.3) is 5.89 Å². The number of rotatable bonds is 3. The molecule has 1 aromatic carbocycles. The minimum Gasteiger partial charge on any atom is -0.366 e. The Morgan fingerprint density at radius 1 is 1.08 bits per heavy atom. The summed E-state index contributed by atoms with van der Waals surface area (Å²) in [6, 6.07) is 6.30. The fourth-order valence-corrected chi connectivity index (χ4v) is 3.17. The van der Waals surface area contributed by atoms with Crippen molar-refractivity contribution in [3.63, 3.8) is 0 Å². The van der Waals surface area contributed by atoms with Crippen molar-refractivity contribution in [1.29, 1.82) is 0 Å². The van der Waals surface area contributed by atoms with Crippen LogP contribution in [0.4, 0.5) is 4.39 Å². The standard InChI is InChI=1S/C17H17FN4O.ClH/c18-12-5-3-11(4-6-12)13-9-20-10-14(13)15-21-16(22-23-15)17(19)7-1-2-8-17;/h3-6,9-10,20H,1-2,7-8,19H2;1H. The number of halogens is 2. The van der Waals surface area contributed by atoms with Crippen molar-refractivity contribution in [1.82, 2.24) is 15.1 Å². The molecule has 1 aliphatic carbocycles. The van der Waals surface area contributed by atoms with E-state index in [4.69, 9.17) is 10.3 Å². The van der Waals surface area contributed by atoms with E-state index in [2.05, 4.69) is 15.1 Å². The average molecular weight is 349 g/mol. The van der Waals surface area contributed by atoms with E-state index in [1.54, 1.807) is 18.3 Å². The Balaban J connectivity index is 0.00000169. The molecule has 4 rings (SSSR count). The van der Waals surface area contributed by atoms with Gasteiger partial charge in [0.15, 0.2) is 5.82 Å². The molecule has 0 aliphatic heterocycles. The minimum absolute atomic E-state index is 0. The Labute approximate surface area is 144 Å². The summed E-state index contributed by atoms with van der Waals surface area (Å²) < 4.78 is 18.5. The van der Waals surface area contributed by atoms with E-state index >= 15 is 0 Å². The summed E-state index contributed by atoms with van der Waals surface area (Å²) >= 11 is 0. The lowest BCUT2D eigenvalue weighted by Gasteiger charge is -2.17. The third-order valence-electron chi connectivity index (χ3n) is 4.50. The largest absolute Gasteiger partial charge is 0.366 e. The summed E-state index contributed by atoms with van der Waals surface area (Å²) in [6.45, 7) is 0. The van der Waals surface area contributed by atoms with Crippen LogP contribution >= 0.6 is 12.4 Å². The van der Waals surface area contributed by atoms with Crippen LogP contribution in [0.15, 0.2) is 41.2 Å². The SMILES string of the molecule is Cl.NC1(c2noc(-c3c[nH]cc3-c3ccc(F)cc3)n2)CCCC1. The fourth-order valence-electron chi connectivity index (χ4n) is 3.17. The highest BCUT2D eigenvalue weighted by atomic mass is 35.5. The van der Waals surface area contributed by atoms with Crippen molar-refractivity contribution in [3.05, 3.63) is 48.3 Å². The molecule has 126 valence electrons. The molecule has 1 saturated carbocycles. The third-order valence-corrected chi connectivity index (χ3v) is 4.50. The van der Waals surface area contributed by atoms with Crippen molar-refractivity contribution < 1.29 is 8.91 Å². The van der Waals surface area contributed by atoms with Crippen LogP contribution in [0.2, 0.25) is 0 Å². The van der Waals surface area contributed by atoms with Gasteiger partial charge in [-0.05, 0) is 30.5 Å². The predicted molar refractivity (Wildman–Crippen MR) is 91.1 cm³/mol. The molecule has 0 amide bonds. The second-order valence-corrected chi connectivity index (χ2v) is 6.08. The van der Waals surface area contributed by atoms with Gasteiger partial charge in [-0.1, -0.05) is 30.1 Å². The van der Waals surface area contributed by atoms with Crippen LogP contribution in [0.1, 0.15) is 31.5 Å². The minimum atomic E-state index is -0.478. The summed E-state index contributed by atoms with van der Waals surface area (Å²) in [5, 5.41) is 4.09. The van der Waals surface area contributed by atoms with Gasteiger partial charge >= 0.3 is 0 Å². The Morgan fingerprint density at radius 2 is 1.75 bits per heavy atom. The highest BCUT2D eigenvalue weighted by molar-refractivity contribution is 5.85. The zero-order chi connectivity index (χ0) is 15.9. The van der Waals surface area contributed by atoms with Gasteiger partial charge in [0.05, 0.1) is 11.1 Å². The number of aromatic amines is 1. The monoisotopic (exact) mass is 348 g/mol. The third kappa shape index (κ3) is 2.83. The van der Waals surface area contributed by atoms with Gasteiger partial charge in [-0.25, -0.2) is 4.39 Å². The lowest BCUT2D eigenvalue weighted by Crippen LogP contribution is -2.34. The zero-order valence-corrected chi connectivity index (χ0v) is 13.8. The van der Waals surface area contributed by atoms with E-state index in [0.717, 1.165) is 42.4 Å². The second-order valence-electron chi connectivity index (χ2n) is 6.08. The number of nitrogens with one attached hydrogen (secondary N) is 1. The molecule has 2 heterocycles. The molecule has 0 atom stereocenters. The molecule has 0 spiro atoms. The molecule has 7 heteroatoms. The summed E-state index contributed by atoms with van der Waals surface area (Å²) in [7, 11) is 0. The van der Waals surface area contributed by atoms with Gasteiger partial charge in [0, 0.05) is 18.0 Å². The van der Waals surface area contributed by atoms with E-state index in [-0.39, 0.29) is 18.2 Å². The highest BCUT2D eigenvalue weighted by Crippen LogP contribution is 2.37. The Hall–Kier alpha value is -2.18. The summed E-state index contributed by atoms with van der Waals surface area (Å²) in [4.78, 5) is 7.56. The first-order valence-electron chi connectivity index (χ1n) is 7.72. The van der Waals surface area contributed by atoms with E-state index in [9.17, 15) is 4.39 Å². The lowest BCUT2D eigenvalue weighted by molar-refractivity contribution is 0.372. The summed E-state index contributed by atoms with van der Waals surface area (Å²) in [5.74, 6) is 0.728. The summed E-state index contributed by atoms with van der Waals surface area (Å²) in [5.41, 5.74) is 8.46. The quantitative estimate of drug-likeness (QED) is 0.749. The van der Waals surface area contributed by atoms with Crippen LogP contribution in [0.5, 0.6) is 0 Å². The Bertz CT molecular complexity index is 821. The zero-order valence-electron chi connectivity index (χ0n) is 13.0. The van der Waals surface area contributed by atoms with Crippen molar-refractivity contribution in [3.8, 4) is 22.6 Å². The van der Waals surface area contributed by atoms with Gasteiger partial charge in [0.2, 0.25) is 0 Å². The Morgan fingerprint density at radius 3 is 2.46 bits per heavy atom. The van der Waals surface area contributed by atoms with Crippen molar-refractivity contribution >= 4 is 12.4 Å². The molecule has 0 unspecified atom stereocenters. The van der Waals surface area contributed by atoms with Crippen LogP contribution in [0.25, 0.3) is 22.6 Å². The molecule has 0 radical (unpaired) electrons. The van der Waals surface area contributed by atoms with Crippen LogP contribution in [-0.2, 0) is 5.54 Å². The molecule has 1 fully saturated rings. The lowest BCUT2D eigenvalue weighted by atomic mass is 9.98. The van der Waals surface area contributed by atoms with Gasteiger partial charge < -0.3 is 15.2 Å². The molecule has 0 bridgehead atoms. The molecule has 1 aliphatic rings. The number of aromatic nitrogens is 3. The maximum atomic E-state index is 13.1. The number of hydrogen-bond donors (Lipinski definition) is 2. The number of benzene rings is 1.